The van der Waals surface area contributed by atoms with Crippen molar-refractivity contribution in [2.75, 3.05) is 6.54 Å². The predicted molar refractivity (Wildman–Crippen MR) is 155 cm³/mol. The van der Waals surface area contributed by atoms with E-state index in [-0.39, 0.29) is 24.4 Å². The Morgan fingerprint density at radius 3 is 1.42 bits per heavy atom. The molecule has 0 saturated heterocycles. The molecule has 0 fully saturated rings. The van der Waals surface area contributed by atoms with Crippen LogP contribution in [0.15, 0.2) is 0 Å². The molecule has 0 aromatic carbocycles. The normalized spacial score (nSPS) is 12.0. The molecule has 0 aliphatic rings. The van der Waals surface area contributed by atoms with Crippen molar-refractivity contribution in [3.63, 3.8) is 0 Å². The second kappa shape index (κ2) is 28.5. The molecular formula is C32H62NO3. The van der Waals surface area contributed by atoms with Crippen LogP contribution in [0.1, 0.15) is 174 Å². The van der Waals surface area contributed by atoms with Gasteiger partial charge in [-0.2, -0.15) is 0 Å². The zero-order valence-electron chi connectivity index (χ0n) is 24.4. The molecule has 213 valence electrons. The first-order chi connectivity index (χ1) is 17.6. The molecule has 0 saturated carbocycles. The fourth-order valence-corrected chi connectivity index (χ4v) is 4.84. The van der Waals surface area contributed by atoms with Gasteiger partial charge in [-0.25, -0.2) is 0 Å². The predicted octanol–water partition coefficient (Wildman–Crippen LogP) is 9.64. The highest BCUT2D eigenvalue weighted by atomic mass is 16.5. The van der Waals surface area contributed by atoms with E-state index in [4.69, 9.17) is 4.74 Å². The summed E-state index contributed by atoms with van der Waals surface area (Å²) in [5, 5.41) is 2.74. The van der Waals surface area contributed by atoms with E-state index in [2.05, 4.69) is 26.1 Å². The van der Waals surface area contributed by atoms with Gasteiger partial charge in [-0.05, 0) is 26.2 Å². The smallest absolute Gasteiger partial charge is 0.306 e. The van der Waals surface area contributed by atoms with Crippen molar-refractivity contribution >= 4 is 11.9 Å². The Morgan fingerprint density at radius 2 is 1.00 bits per heavy atom. The average molecular weight is 509 g/mol. The second-order valence-electron chi connectivity index (χ2n) is 10.8. The van der Waals surface area contributed by atoms with E-state index in [1.54, 1.807) is 0 Å². The molecular weight excluding hydrogens is 446 g/mol. The van der Waals surface area contributed by atoms with Crippen molar-refractivity contribution in [2.45, 2.75) is 180 Å². The summed E-state index contributed by atoms with van der Waals surface area (Å²) >= 11 is 0. The van der Waals surface area contributed by atoms with Crippen LogP contribution >= 0.6 is 0 Å². The average Bonchev–Trinajstić information content (AvgIpc) is 2.85. The third-order valence-electron chi connectivity index (χ3n) is 7.15. The monoisotopic (exact) mass is 508 g/mol. The molecule has 0 bridgehead atoms. The minimum absolute atomic E-state index is 0.0697. The molecule has 1 amide bonds. The quantitative estimate of drug-likeness (QED) is 0.0845. The Kier molecular flexibility index (Phi) is 27.7. The highest BCUT2D eigenvalue weighted by Gasteiger charge is 2.18. The van der Waals surface area contributed by atoms with Crippen molar-refractivity contribution in [2.24, 2.45) is 0 Å². The van der Waals surface area contributed by atoms with Crippen LogP contribution in [0.25, 0.3) is 0 Å². The van der Waals surface area contributed by atoms with Gasteiger partial charge in [-0.15, -0.1) is 0 Å². The summed E-state index contributed by atoms with van der Waals surface area (Å²) in [6.45, 7) is 8.57. The van der Waals surface area contributed by atoms with Gasteiger partial charge in [0.1, 0.15) is 6.10 Å². The first kappa shape index (κ1) is 34.9. The number of rotatable bonds is 28. The summed E-state index contributed by atoms with van der Waals surface area (Å²) in [6.07, 6.45) is 29.4. The fraction of sp³-hybridized carbons (Fsp3) is 0.906. The minimum atomic E-state index is -0.296. The molecule has 0 aliphatic heterocycles. The lowest BCUT2D eigenvalue weighted by Gasteiger charge is -2.18. The molecule has 0 aromatic rings. The number of esters is 1. The van der Waals surface area contributed by atoms with Crippen LogP contribution in [0.5, 0.6) is 0 Å². The van der Waals surface area contributed by atoms with Gasteiger partial charge in [0.05, 0.1) is 6.42 Å². The maximum atomic E-state index is 12.4. The summed E-state index contributed by atoms with van der Waals surface area (Å²) in [7, 11) is 0. The number of carbonyl (C=O) groups excluding carboxylic acids is 2. The summed E-state index contributed by atoms with van der Waals surface area (Å²) in [4.78, 5) is 24.4. The van der Waals surface area contributed by atoms with E-state index < -0.39 is 0 Å². The molecule has 0 rings (SSSR count). The van der Waals surface area contributed by atoms with Crippen LogP contribution in [0.3, 0.4) is 0 Å². The molecule has 1 N–H and O–H groups in total. The number of nitrogens with one attached hydrogen (secondary N) is 1. The molecule has 1 atom stereocenters. The highest BCUT2D eigenvalue weighted by molar-refractivity contribution is 5.77. The van der Waals surface area contributed by atoms with Gasteiger partial charge in [0.2, 0.25) is 5.91 Å². The number of hydrogen-bond acceptors (Lipinski definition) is 3. The van der Waals surface area contributed by atoms with Gasteiger partial charge in [0.15, 0.2) is 0 Å². The van der Waals surface area contributed by atoms with Crippen LogP contribution in [-0.4, -0.2) is 24.5 Å². The zero-order valence-corrected chi connectivity index (χ0v) is 24.4. The van der Waals surface area contributed by atoms with Crippen molar-refractivity contribution < 1.29 is 14.3 Å². The molecule has 36 heavy (non-hydrogen) atoms. The molecule has 1 radical (unpaired) electrons. The van der Waals surface area contributed by atoms with Crippen LogP contribution < -0.4 is 5.32 Å². The van der Waals surface area contributed by atoms with Gasteiger partial charge >= 0.3 is 5.97 Å². The lowest BCUT2D eigenvalue weighted by Crippen LogP contribution is -2.29. The first-order valence-corrected chi connectivity index (χ1v) is 15.9. The topological polar surface area (TPSA) is 55.4 Å². The summed E-state index contributed by atoms with van der Waals surface area (Å²) in [5.41, 5.74) is 0. The molecule has 0 spiro atoms. The standard InChI is InChI=1S/C32H62NO3/c1-4-7-9-11-13-15-16-17-18-20-22-24-26-28-32(35)36-30(29-31(34)33-6-3)27-25-23-21-19-14-12-10-8-5-2/h30H,3-29H2,1-2H3,(H,33,34)/t30-/m1/s1. The van der Waals surface area contributed by atoms with Gasteiger partial charge in [-0.3, -0.25) is 9.59 Å². The number of hydrogen-bond donors (Lipinski definition) is 1. The number of carbonyl (C=O) groups is 2. The highest BCUT2D eigenvalue weighted by Crippen LogP contribution is 2.16. The maximum Gasteiger partial charge on any atom is 0.306 e. The SMILES string of the molecule is [CH2]CNC(=O)C[C@@H](CCCCCCCCCCC)OC(=O)CCCCCCCCCCCCCCC. The van der Waals surface area contributed by atoms with E-state index in [1.165, 1.54) is 116 Å². The van der Waals surface area contributed by atoms with Crippen molar-refractivity contribution in [3.8, 4) is 0 Å². The van der Waals surface area contributed by atoms with Gasteiger partial charge in [0.25, 0.3) is 0 Å². The summed E-state index contributed by atoms with van der Waals surface area (Å²) in [6, 6.07) is 0. The van der Waals surface area contributed by atoms with Crippen molar-refractivity contribution in [3.05, 3.63) is 6.92 Å². The Morgan fingerprint density at radius 1 is 0.611 bits per heavy atom. The molecule has 0 aliphatic carbocycles. The van der Waals surface area contributed by atoms with Crippen molar-refractivity contribution in [1.82, 2.24) is 5.32 Å². The third-order valence-corrected chi connectivity index (χ3v) is 7.15. The third kappa shape index (κ3) is 26.0. The Bertz CT molecular complexity index is 480. The summed E-state index contributed by atoms with van der Waals surface area (Å²) < 4.78 is 5.73. The van der Waals surface area contributed by atoms with Crippen LogP contribution in [0.4, 0.5) is 0 Å². The van der Waals surface area contributed by atoms with E-state index >= 15 is 0 Å². The molecule has 4 heteroatoms. The minimum Gasteiger partial charge on any atom is -0.462 e. The van der Waals surface area contributed by atoms with Gasteiger partial charge in [0, 0.05) is 13.0 Å². The van der Waals surface area contributed by atoms with E-state index in [1.807, 2.05) is 0 Å². The molecule has 0 heterocycles. The van der Waals surface area contributed by atoms with Crippen LogP contribution in [0.2, 0.25) is 0 Å². The fourth-order valence-electron chi connectivity index (χ4n) is 4.84. The van der Waals surface area contributed by atoms with Gasteiger partial charge in [-0.1, -0.05) is 142 Å². The first-order valence-electron chi connectivity index (χ1n) is 15.9. The van der Waals surface area contributed by atoms with Crippen LogP contribution in [0, 0.1) is 6.92 Å². The lowest BCUT2D eigenvalue weighted by atomic mass is 10.0. The zero-order chi connectivity index (χ0) is 26.5. The van der Waals surface area contributed by atoms with E-state index in [0.717, 1.165) is 32.1 Å². The second-order valence-corrected chi connectivity index (χ2v) is 10.8. The Hall–Kier alpha value is -1.06. The maximum absolute atomic E-state index is 12.4. The lowest BCUT2D eigenvalue weighted by molar-refractivity contribution is -0.150. The van der Waals surface area contributed by atoms with Crippen LogP contribution in [-0.2, 0) is 14.3 Å². The number of ether oxygens (including phenoxy) is 1. The van der Waals surface area contributed by atoms with E-state index in [9.17, 15) is 9.59 Å². The molecule has 0 aromatic heterocycles. The Balaban J connectivity index is 3.86. The van der Waals surface area contributed by atoms with E-state index in [0.29, 0.717) is 13.0 Å². The largest absolute Gasteiger partial charge is 0.462 e. The van der Waals surface area contributed by atoms with Crippen molar-refractivity contribution in [1.29, 1.82) is 0 Å². The Labute approximate surface area is 225 Å². The van der Waals surface area contributed by atoms with Gasteiger partial charge < -0.3 is 10.1 Å². The molecule has 0 unspecified atom stereocenters. The summed E-state index contributed by atoms with van der Waals surface area (Å²) in [5.74, 6) is -0.207. The molecule has 4 nitrogen and oxygen atoms in total. The number of unbranched alkanes of at least 4 members (excludes halogenated alkanes) is 20. The number of amides is 1.